The van der Waals surface area contributed by atoms with Gasteiger partial charge in [-0.1, -0.05) is 0 Å². The molecule has 0 aromatic carbocycles. The van der Waals surface area contributed by atoms with Gasteiger partial charge in [0, 0.05) is 12.2 Å². The Morgan fingerprint density at radius 3 is 1.60 bits per heavy atom. The summed E-state index contributed by atoms with van der Waals surface area (Å²) in [5, 5.41) is 2.03. The van der Waals surface area contributed by atoms with Crippen molar-refractivity contribution in [3.63, 3.8) is 0 Å². The number of rotatable bonds is 0. The van der Waals surface area contributed by atoms with E-state index in [2.05, 4.69) is 4.12 Å². The fourth-order valence-electron chi connectivity index (χ4n) is 0.356. The lowest BCUT2D eigenvalue weighted by atomic mass is 10.6. The van der Waals surface area contributed by atoms with E-state index in [-0.39, 0.29) is 11.8 Å². The van der Waals surface area contributed by atoms with E-state index in [1.54, 1.807) is 0 Å². The minimum atomic E-state index is -0.329. The molecule has 6 heteroatoms. The van der Waals surface area contributed by atoms with Crippen LogP contribution in [0.5, 0.6) is 0 Å². The lowest BCUT2D eigenvalue weighted by Crippen LogP contribution is -2.19. The van der Waals surface area contributed by atoms with Gasteiger partial charge in [0.05, 0.1) is 0 Å². The molecule has 1 heterocycles. The van der Waals surface area contributed by atoms with Crippen LogP contribution in [-0.2, 0) is 13.7 Å². The number of hydrogen-bond donors (Lipinski definition) is 1. The Labute approximate surface area is 64.7 Å². The fraction of sp³-hybridized carbons (Fsp3) is 0. The molecule has 0 aromatic heterocycles. The Morgan fingerprint density at radius 2 is 1.50 bits per heavy atom. The Kier molecular flexibility index (Phi) is 4.72. The molecule has 4 nitrogen and oxygen atoms in total. The van der Waals surface area contributed by atoms with Crippen LogP contribution in [0.1, 0.15) is 0 Å². The van der Waals surface area contributed by atoms with Crippen molar-refractivity contribution in [2.45, 2.75) is 0 Å². The van der Waals surface area contributed by atoms with Crippen LogP contribution in [0.2, 0.25) is 0 Å². The summed E-state index contributed by atoms with van der Waals surface area (Å²) < 4.78 is 4.53. The highest BCUT2D eigenvalue weighted by atomic mass is 28.3. The van der Waals surface area contributed by atoms with Gasteiger partial charge in [0.2, 0.25) is 0 Å². The first-order valence-corrected chi connectivity index (χ1v) is 4.27. The number of hydrogen-bond acceptors (Lipinski definition) is 3. The number of carbonyl (C=O) groups excluding carboxylic acids is 2. The van der Waals surface area contributed by atoms with E-state index in [1.807, 2.05) is 5.32 Å². The highest BCUT2D eigenvalue weighted by Crippen LogP contribution is 1.82. The zero-order valence-corrected chi connectivity index (χ0v) is 9.88. The molecule has 0 aliphatic carbocycles. The van der Waals surface area contributed by atoms with E-state index < -0.39 is 0 Å². The van der Waals surface area contributed by atoms with Crippen LogP contribution < -0.4 is 5.32 Å². The molecule has 56 valence electrons. The molecule has 2 amide bonds. The van der Waals surface area contributed by atoms with Crippen molar-refractivity contribution in [1.82, 2.24) is 5.32 Å². The summed E-state index contributed by atoms with van der Waals surface area (Å²) in [6, 6.07) is 0. The molecule has 1 aliphatic heterocycles. The third-order valence-electron chi connectivity index (χ3n) is 0.632. The molecule has 10 heavy (non-hydrogen) atoms. The van der Waals surface area contributed by atoms with Crippen LogP contribution in [0, 0.1) is 0 Å². The standard InChI is InChI=1S/C4H3NO2.H6OSi2/c6-3-1-2-4(7)5-3;2-1-3/h1-2H,(H,5,6,7);2-3H3. The Morgan fingerprint density at radius 1 is 1.20 bits per heavy atom. The summed E-state index contributed by atoms with van der Waals surface area (Å²) in [7, 11) is 1.86. The molecule has 0 saturated carbocycles. The summed E-state index contributed by atoms with van der Waals surface area (Å²) in [6.07, 6.45) is 2.39. The Balaban J connectivity index is 0.000000236. The molecule has 0 radical (unpaired) electrons. The first-order valence-electron chi connectivity index (χ1n) is 2.64. The van der Waals surface area contributed by atoms with E-state index >= 15 is 0 Å². The molecule has 0 unspecified atom stereocenters. The number of amides is 2. The summed E-state index contributed by atoms with van der Waals surface area (Å²) in [4.78, 5) is 20.1. The molecule has 0 aromatic rings. The second-order valence-electron chi connectivity index (χ2n) is 1.60. The van der Waals surface area contributed by atoms with Crippen molar-refractivity contribution in [3.05, 3.63) is 12.2 Å². The second-order valence-corrected chi connectivity index (χ2v) is 4.86. The molecule has 0 spiro atoms. The van der Waals surface area contributed by atoms with Crippen molar-refractivity contribution >= 4 is 32.8 Å². The van der Waals surface area contributed by atoms with E-state index in [4.69, 9.17) is 0 Å². The Hall–Kier alpha value is -0.726. The lowest BCUT2D eigenvalue weighted by Gasteiger charge is -1.80. The van der Waals surface area contributed by atoms with Crippen LogP contribution >= 0.6 is 0 Å². The van der Waals surface area contributed by atoms with Crippen molar-refractivity contribution in [3.8, 4) is 0 Å². The van der Waals surface area contributed by atoms with Crippen molar-refractivity contribution in [1.29, 1.82) is 0 Å². The normalized spacial score (nSPS) is 14.8. The topological polar surface area (TPSA) is 55.4 Å². The smallest absolute Gasteiger partial charge is 0.250 e. The van der Waals surface area contributed by atoms with Crippen LogP contribution in [0.4, 0.5) is 0 Å². The monoisotopic (exact) mass is 175 g/mol. The maximum atomic E-state index is 10.0. The zero-order valence-electron chi connectivity index (χ0n) is 5.88. The van der Waals surface area contributed by atoms with Crippen LogP contribution in [-0.4, -0.2) is 32.8 Å². The van der Waals surface area contributed by atoms with Gasteiger partial charge in [-0.2, -0.15) is 0 Å². The molecule has 0 fully saturated rings. The van der Waals surface area contributed by atoms with Gasteiger partial charge in [0.1, 0.15) is 21.0 Å². The first-order chi connectivity index (χ1) is 4.70. The van der Waals surface area contributed by atoms with Crippen molar-refractivity contribution < 1.29 is 13.7 Å². The molecular weight excluding hydrogens is 166 g/mol. The summed E-state index contributed by atoms with van der Waals surface area (Å²) in [5.41, 5.74) is 0. The van der Waals surface area contributed by atoms with Crippen LogP contribution in [0.25, 0.3) is 0 Å². The molecule has 0 saturated heterocycles. The van der Waals surface area contributed by atoms with E-state index in [9.17, 15) is 9.59 Å². The fourth-order valence-corrected chi connectivity index (χ4v) is 0.356. The maximum Gasteiger partial charge on any atom is 0.250 e. The van der Waals surface area contributed by atoms with E-state index in [1.165, 1.54) is 12.2 Å². The third-order valence-corrected chi connectivity index (χ3v) is 0.632. The highest BCUT2D eigenvalue weighted by Gasteiger charge is 2.06. The van der Waals surface area contributed by atoms with Gasteiger partial charge in [0.25, 0.3) is 11.8 Å². The van der Waals surface area contributed by atoms with Gasteiger partial charge in [-0.25, -0.2) is 0 Å². The average molecular weight is 175 g/mol. The molecule has 1 rings (SSSR count). The number of nitrogens with one attached hydrogen (secondary N) is 1. The van der Waals surface area contributed by atoms with Crippen molar-refractivity contribution in [2.24, 2.45) is 0 Å². The van der Waals surface area contributed by atoms with Gasteiger partial charge in [-0.3, -0.25) is 14.9 Å². The van der Waals surface area contributed by atoms with Gasteiger partial charge < -0.3 is 4.12 Å². The third kappa shape index (κ3) is 4.18. The molecule has 1 aliphatic rings. The second kappa shape index (κ2) is 5.09. The predicted molar refractivity (Wildman–Crippen MR) is 43.3 cm³/mol. The highest BCUT2D eigenvalue weighted by molar-refractivity contribution is 6.15. The lowest BCUT2D eigenvalue weighted by molar-refractivity contribution is -0.123. The minimum absolute atomic E-state index is 0.329. The van der Waals surface area contributed by atoms with Crippen molar-refractivity contribution in [2.75, 3.05) is 0 Å². The Bertz CT molecular complexity index is 152. The quantitative estimate of drug-likeness (QED) is 0.311. The molecule has 0 bridgehead atoms. The van der Waals surface area contributed by atoms with E-state index in [0.29, 0.717) is 0 Å². The van der Waals surface area contributed by atoms with Gasteiger partial charge in [-0.15, -0.1) is 0 Å². The predicted octanol–water partition coefficient (Wildman–Crippen LogP) is -3.24. The first kappa shape index (κ1) is 9.27. The maximum absolute atomic E-state index is 10.0. The zero-order chi connectivity index (χ0) is 7.98. The van der Waals surface area contributed by atoms with Gasteiger partial charge >= 0.3 is 0 Å². The molecule has 1 N–H and O–H groups in total. The number of imide groups is 1. The summed E-state index contributed by atoms with van der Waals surface area (Å²) >= 11 is 0. The van der Waals surface area contributed by atoms with Gasteiger partial charge in [0.15, 0.2) is 0 Å². The molecule has 0 atom stereocenters. The van der Waals surface area contributed by atoms with E-state index in [0.717, 1.165) is 21.0 Å². The molecular formula is C4H9NO3Si2. The number of carbonyl (C=O) groups is 2. The van der Waals surface area contributed by atoms with Crippen LogP contribution in [0.3, 0.4) is 0 Å². The minimum Gasteiger partial charge on any atom is -0.471 e. The van der Waals surface area contributed by atoms with Gasteiger partial charge in [-0.05, 0) is 0 Å². The SMILES string of the molecule is O=C1C=CC(=O)N1.[SiH3]O[SiH3]. The summed E-state index contributed by atoms with van der Waals surface area (Å²) in [5.74, 6) is -0.657. The summed E-state index contributed by atoms with van der Waals surface area (Å²) in [6.45, 7) is 0. The van der Waals surface area contributed by atoms with Crippen LogP contribution in [0.15, 0.2) is 12.2 Å². The largest absolute Gasteiger partial charge is 0.471 e. The average Bonchev–Trinajstić information content (AvgIpc) is 2.17.